The van der Waals surface area contributed by atoms with Gasteiger partial charge in [-0.25, -0.2) is 0 Å². The molecule has 1 atom stereocenters. The van der Waals surface area contributed by atoms with Gasteiger partial charge in [0.15, 0.2) is 0 Å². The fraction of sp³-hybridized carbons (Fsp3) is 0.625. The molecule has 0 fully saturated rings. The summed E-state index contributed by atoms with van der Waals surface area (Å²) in [5.74, 6) is 0.924. The summed E-state index contributed by atoms with van der Waals surface area (Å²) in [6, 6.07) is 8.86. The largest absolute Gasteiger partial charge is 0.497 e. The van der Waals surface area contributed by atoms with Crippen molar-refractivity contribution in [1.82, 2.24) is 10.2 Å². The van der Waals surface area contributed by atoms with Gasteiger partial charge in [-0.05, 0) is 71.1 Å². The summed E-state index contributed by atoms with van der Waals surface area (Å²) in [6.07, 6.45) is 3.57. The van der Waals surface area contributed by atoms with Crippen molar-refractivity contribution in [2.75, 3.05) is 34.3 Å². The topological polar surface area (TPSA) is 24.5 Å². The lowest BCUT2D eigenvalue weighted by molar-refractivity contribution is 0.388. The molecule has 19 heavy (non-hydrogen) atoms. The van der Waals surface area contributed by atoms with Crippen molar-refractivity contribution in [2.24, 2.45) is 0 Å². The maximum Gasteiger partial charge on any atom is 0.118 e. The summed E-state index contributed by atoms with van der Waals surface area (Å²) in [5.41, 5.74) is 1.36. The maximum absolute atomic E-state index is 5.17. The standard InChI is InChI=1S/C16H28N2O/c1-14(17-11-5-6-12-18(2)3)13-15-7-9-16(19-4)10-8-15/h7-10,14,17H,5-6,11-13H2,1-4H3. The summed E-state index contributed by atoms with van der Waals surface area (Å²) < 4.78 is 5.17. The number of ether oxygens (including phenoxy) is 1. The van der Waals surface area contributed by atoms with Gasteiger partial charge < -0.3 is 15.0 Å². The fourth-order valence-corrected chi connectivity index (χ4v) is 2.09. The number of hydrogen-bond donors (Lipinski definition) is 1. The highest BCUT2D eigenvalue weighted by atomic mass is 16.5. The van der Waals surface area contributed by atoms with Crippen LogP contribution in [0, 0.1) is 0 Å². The van der Waals surface area contributed by atoms with E-state index in [1.807, 2.05) is 12.1 Å². The van der Waals surface area contributed by atoms with Gasteiger partial charge in [0, 0.05) is 6.04 Å². The predicted octanol–water partition coefficient (Wildman–Crippen LogP) is 2.56. The van der Waals surface area contributed by atoms with Crippen LogP contribution in [0.5, 0.6) is 5.75 Å². The number of rotatable bonds is 9. The third kappa shape index (κ3) is 7.19. The molecule has 0 heterocycles. The van der Waals surface area contributed by atoms with Crippen molar-refractivity contribution in [3.05, 3.63) is 29.8 Å². The Balaban J connectivity index is 2.17. The van der Waals surface area contributed by atoms with Crippen LogP contribution < -0.4 is 10.1 Å². The van der Waals surface area contributed by atoms with Gasteiger partial charge in [-0.1, -0.05) is 12.1 Å². The van der Waals surface area contributed by atoms with Gasteiger partial charge in [-0.2, -0.15) is 0 Å². The lowest BCUT2D eigenvalue weighted by atomic mass is 10.1. The van der Waals surface area contributed by atoms with E-state index in [4.69, 9.17) is 4.74 Å². The number of nitrogens with one attached hydrogen (secondary N) is 1. The molecular weight excluding hydrogens is 236 g/mol. The quantitative estimate of drug-likeness (QED) is 0.694. The molecule has 0 aromatic heterocycles. The van der Waals surface area contributed by atoms with Crippen molar-refractivity contribution in [3.8, 4) is 5.75 Å². The van der Waals surface area contributed by atoms with E-state index in [-0.39, 0.29) is 0 Å². The summed E-state index contributed by atoms with van der Waals surface area (Å²) in [7, 11) is 5.95. The van der Waals surface area contributed by atoms with Crippen molar-refractivity contribution in [2.45, 2.75) is 32.2 Å². The molecule has 1 aromatic rings. The maximum atomic E-state index is 5.17. The van der Waals surface area contributed by atoms with Gasteiger partial charge in [0.05, 0.1) is 7.11 Å². The van der Waals surface area contributed by atoms with Crippen molar-refractivity contribution >= 4 is 0 Å². The number of methoxy groups -OCH3 is 1. The first kappa shape index (κ1) is 16.0. The minimum atomic E-state index is 0.521. The molecule has 0 aliphatic rings. The van der Waals surface area contributed by atoms with Gasteiger partial charge >= 0.3 is 0 Å². The average Bonchev–Trinajstić information content (AvgIpc) is 2.39. The monoisotopic (exact) mass is 264 g/mol. The van der Waals surface area contributed by atoms with Crippen LogP contribution in [0.4, 0.5) is 0 Å². The highest BCUT2D eigenvalue weighted by Crippen LogP contribution is 2.12. The summed E-state index contributed by atoms with van der Waals surface area (Å²) in [4.78, 5) is 2.24. The second-order valence-electron chi connectivity index (χ2n) is 5.42. The Kier molecular flexibility index (Phi) is 7.53. The van der Waals surface area contributed by atoms with E-state index in [1.54, 1.807) is 7.11 Å². The normalized spacial score (nSPS) is 12.7. The number of benzene rings is 1. The van der Waals surface area contributed by atoms with Crippen LogP contribution in [0.1, 0.15) is 25.3 Å². The van der Waals surface area contributed by atoms with Gasteiger partial charge in [-0.15, -0.1) is 0 Å². The Labute approximate surface area is 118 Å². The van der Waals surface area contributed by atoms with Crippen molar-refractivity contribution in [3.63, 3.8) is 0 Å². The number of hydrogen-bond acceptors (Lipinski definition) is 3. The molecule has 1 N–H and O–H groups in total. The summed E-state index contributed by atoms with van der Waals surface area (Å²) in [5, 5.41) is 3.58. The average molecular weight is 264 g/mol. The molecule has 3 nitrogen and oxygen atoms in total. The Morgan fingerprint density at radius 1 is 1.16 bits per heavy atom. The Bertz CT molecular complexity index is 335. The first-order chi connectivity index (χ1) is 9.11. The zero-order valence-electron chi connectivity index (χ0n) is 12.8. The van der Waals surface area contributed by atoms with E-state index in [0.29, 0.717) is 6.04 Å². The van der Waals surface area contributed by atoms with Crippen LogP contribution in [-0.2, 0) is 6.42 Å². The first-order valence-corrected chi connectivity index (χ1v) is 7.13. The number of nitrogens with zero attached hydrogens (tertiary/aromatic N) is 1. The molecule has 0 saturated carbocycles. The molecule has 108 valence electrons. The minimum Gasteiger partial charge on any atom is -0.497 e. The Morgan fingerprint density at radius 3 is 2.42 bits per heavy atom. The van der Waals surface area contributed by atoms with E-state index in [2.05, 4.69) is 43.4 Å². The molecule has 0 aliphatic heterocycles. The zero-order chi connectivity index (χ0) is 14.1. The Hall–Kier alpha value is -1.06. The van der Waals surface area contributed by atoms with E-state index >= 15 is 0 Å². The number of unbranched alkanes of at least 4 members (excludes halogenated alkanes) is 1. The van der Waals surface area contributed by atoms with Crippen molar-refractivity contribution in [1.29, 1.82) is 0 Å². The van der Waals surface area contributed by atoms with Crippen molar-refractivity contribution < 1.29 is 4.74 Å². The lowest BCUT2D eigenvalue weighted by Gasteiger charge is -2.15. The molecule has 0 radical (unpaired) electrons. The minimum absolute atomic E-state index is 0.521. The highest BCUT2D eigenvalue weighted by Gasteiger charge is 2.03. The molecule has 1 aromatic carbocycles. The van der Waals surface area contributed by atoms with Gasteiger partial charge in [-0.3, -0.25) is 0 Å². The fourth-order valence-electron chi connectivity index (χ4n) is 2.09. The van der Waals surface area contributed by atoms with Crippen LogP contribution in [0.2, 0.25) is 0 Å². The molecule has 0 amide bonds. The molecular formula is C16H28N2O. The third-order valence-corrected chi connectivity index (χ3v) is 3.23. The lowest BCUT2D eigenvalue weighted by Crippen LogP contribution is -2.29. The van der Waals surface area contributed by atoms with Gasteiger partial charge in [0.25, 0.3) is 0 Å². The van der Waals surface area contributed by atoms with E-state index in [9.17, 15) is 0 Å². The third-order valence-electron chi connectivity index (χ3n) is 3.23. The molecule has 0 bridgehead atoms. The van der Waals surface area contributed by atoms with Crippen LogP contribution in [0.25, 0.3) is 0 Å². The summed E-state index contributed by atoms with van der Waals surface area (Å²) >= 11 is 0. The zero-order valence-corrected chi connectivity index (χ0v) is 12.8. The Morgan fingerprint density at radius 2 is 1.84 bits per heavy atom. The molecule has 1 unspecified atom stereocenters. The van der Waals surface area contributed by atoms with Crippen LogP contribution >= 0.6 is 0 Å². The van der Waals surface area contributed by atoms with E-state index in [0.717, 1.165) is 18.7 Å². The highest BCUT2D eigenvalue weighted by molar-refractivity contribution is 5.27. The molecule has 0 spiro atoms. The molecule has 0 aliphatic carbocycles. The molecule has 1 rings (SSSR count). The SMILES string of the molecule is COc1ccc(CC(C)NCCCCN(C)C)cc1. The summed E-state index contributed by atoms with van der Waals surface area (Å²) in [6.45, 7) is 4.52. The second kappa shape index (κ2) is 8.94. The van der Waals surface area contributed by atoms with E-state index in [1.165, 1.54) is 24.9 Å². The van der Waals surface area contributed by atoms with Gasteiger partial charge in [0.2, 0.25) is 0 Å². The van der Waals surface area contributed by atoms with Crippen LogP contribution in [0.15, 0.2) is 24.3 Å². The first-order valence-electron chi connectivity index (χ1n) is 7.13. The van der Waals surface area contributed by atoms with E-state index < -0.39 is 0 Å². The van der Waals surface area contributed by atoms with Gasteiger partial charge in [0.1, 0.15) is 5.75 Å². The smallest absolute Gasteiger partial charge is 0.118 e. The van der Waals surface area contributed by atoms with Crippen LogP contribution in [-0.4, -0.2) is 45.2 Å². The van der Waals surface area contributed by atoms with Crippen LogP contribution in [0.3, 0.4) is 0 Å². The predicted molar refractivity (Wildman–Crippen MR) is 82.0 cm³/mol. The second-order valence-corrected chi connectivity index (χ2v) is 5.42. The molecule has 3 heteroatoms. The molecule has 0 saturated heterocycles.